The lowest BCUT2D eigenvalue weighted by molar-refractivity contribution is 0.253. The van der Waals surface area contributed by atoms with Gasteiger partial charge < -0.3 is 10.3 Å². The summed E-state index contributed by atoms with van der Waals surface area (Å²) in [5.41, 5.74) is 7.39. The van der Waals surface area contributed by atoms with Gasteiger partial charge in [0.05, 0.1) is 6.04 Å². The first-order valence-electron chi connectivity index (χ1n) is 6.15. The van der Waals surface area contributed by atoms with Gasteiger partial charge in [0.2, 0.25) is 11.7 Å². The van der Waals surface area contributed by atoms with E-state index in [1.807, 2.05) is 27.7 Å². The zero-order valence-corrected chi connectivity index (χ0v) is 11.6. The summed E-state index contributed by atoms with van der Waals surface area (Å²) in [5, 5.41) is 3.89. The second-order valence-electron chi connectivity index (χ2n) is 5.76. The molecule has 0 aliphatic rings. The van der Waals surface area contributed by atoms with Crippen molar-refractivity contribution in [1.82, 2.24) is 10.1 Å². The molecule has 102 valence electrons. The molecular formula is C14H18FN3O. The topological polar surface area (TPSA) is 64.9 Å². The maximum atomic E-state index is 13.3. The smallest absolute Gasteiger partial charge is 0.244 e. The number of aromatic nitrogens is 2. The Balaban J connectivity index is 2.39. The molecule has 0 saturated heterocycles. The van der Waals surface area contributed by atoms with Crippen LogP contribution in [0.1, 0.15) is 38.3 Å². The first-order chi connectivity index (χ1) is 8.79. The van der Waals surface area contributed by atoms with Gasteiger partial charge in [-0.25, -0.2) is 4.39 Å². The van der Waals surface area contributed by atoms with E-state index in [-0.39, 0.29) is 17.3 Å². The van der Waals surface area contributed by atoms with E-state index in [9.17, 15) is 4.39 Å². The van der Waals surface area contributed by atoms with Gasteiger partial charge in [0, 0.05) is 5.56 Å². The number of hydrogen-bond donors (Lipinski definition) is 1. The number of hydrogen-bond acceptors (Lipinski definition) is 4. The Morgan fingerprint density at radius 2 is 2.00 bits per heavy atom. The Morgan fingerprint density at radius 1 is 1.32 bits per heavy atom. The lowest BCUT2D eigenvalue weighted by atomic mass is 9.87. The number of rotatable bonds is 2. The van der Waals surface area contributed by atoms with Gasteiger partial charge in [0.25, 0.3) is 0 Å². The average Bonchev–Trinajstić information content (AvgIpc) is 2.79. The minimum Gasteiger partial charge on any atom is -0.337 e. The van der Waals surface area contributed by atoms with E-state index < -0.39 is 0 Å². The van der Waals surface area contributed by atoms with Crippen molar-refractivity contribution in [3.8, 4) is 11.4 Å². The van der Waals surface area contributed by atoms with Gasteiger partial charge in [-0.2, -0.15) is 4.98 Å². The molecule has 5 heteroatoms. The second kappa shape index (κ2) is 4.74. The molecule has 0 unspecified atom stereocenters. The first-order valence-corrected chi connectivity index (χ1v) is 6.15. The van der Waals surface area contributed by atoms with Gasteiger partial charge in [-0.1, -0.05) is 32.0 Å². The van der Waals surface area contributed by atoms with Gasteiger partial charge in [0.15, 0.2) is 0 Å². The van der Waals surface area contributed by atoms with E-state index in [1.165, 1.54) is 12.1 Å². The molecule has 1 heterocycles. The highest BCUT2D eigenvalue weighted by atomic mass is 19.1. The zero-order chi connectivity index (χ0) is 14.2. The Bertz CT molecular complexity index is 587. The van der Waals surface area contributed by atoms with Crippen LogP contribution in [0, 0.1) is 18.2 Å². The highest BCUT2D eigenvalue weighted by Crippen LogP contribution is 2.31. The zero-order valence-electron chi connectivity index (χ0n) is 11.6. The fourth-order valence-electron chi connectivity index (χ4n) is 1.68. The van der Waals surface area contributed by atoms with Crippen LogP contribution < -0.4 is 5.73 Å². The Labute approximate surface area is 111 Å². The third kappa shape index (κ3) is 2.81. The minimum absolute atomic E-state index is 0.180. The molecule has 0 aliphatic heterocycles. The lowest BCUT2D eigenvalue weighted by Gasteiger charge is -2.23. The van der Waals surface area contributed by atoms with Crippen LogP contribution in [-0.2, 0) is 0 Å². The van der Waals surface area contributed by atoms with Crippen molar-refractivity contribution in [3.63, 3.8) is 0 Å². The van der Waals surface area contributed by atoms with Crippen molar-refractivity contribution in [1.29, 1.82) is 0 Å². The molecule has 2 aromatic rings. The number of nitrogens with two attached hydrogens (primary N) is 1. The van der Waals surface area contributed by atoms with Crippen LogP contribution in [0.5, 0.6) is 0 Å². The van der Waals surface area contributed by atoms with Crippen molar-refractivity contribution >= 4 is 0 Å². The maximum absolute atomic E-state index is 13.3. The van der Waals surface area contributed by atoms with E-state index in [0.717, 1.165) is 5.56 Å². The summed E-state index contributed by atoms with van der Waals surface area (Å²) in [5.74, 6) is 0.407. The fraction of sp³-hybridized carbons (Fsp3) is 0.429. The van der Waals surface area contributed by atoms with Gasteiger partial charge in [0.1, 0.15) is 5.82 Å². The van der Waals surface area contributed by atoms with E-state index in [0.29, 0.717) is 17.3 Å². The summed E-state index contributed by atoms with van der Waals surface area (Å²) >= 11 is 0. The molecule has 0 spiro atoms. The Kier molecular flexibility index (Phi) is 3.41. The summed E-state index contributed by atoms with van der Waals surface area (Å²) in [4.78, 5) is 4.28. The molecule has 0 bridgehead atoms. The van der Waals surface area contributed by atoms with E-state index in [2.05, 4.69) is 10.1 Å². The molecule has 2 N–H and O–H groups in total. The molecule has 1 aromatic heterocycles. The highest BCUT2D eigenvalue weighted by Gasteiger charge is 2.28. The van der Waals surface area contributed by atoms with Crippen molar-refractivity contribution in [2.45, 2.75) is 33.7 Å². The molecule has 0 amide bonds. The lowest BCUT2D eigenvalue weighted by Crippen LogP contribution is -2.26. The largest absolute Gasteiger partial charge is 0.337 e. The maximum Gasteiger partial charge on any atom is 0.244 e. The summed E-state index contributed by atoms with van der Waals surface area (Å²) in [7, 11) is 0. The number of benzene rings is 1. The molecule has 1 atom stereocenters. The van der Waals surface area contributed by atoms with Crippen LogP contribution in [0.25, 0.3) is 11.4 Å². The molecule has 0 aliphatic carbocycles. The van der Waals surface area contributed by atoms with Crippen molar-refractivity contribution in [3.05, 3.63) is 35.5 Å². The molecule has 0 saturated carbocycles. The van der Waals surface area contributed by atoms with Crippen LogP contribution in [0.2, 0.25) is 0 Å². The molecule has 2 rings (SSSR count). The average molecular weight is 263 g/mol. The molecular weight excluding hydrogens is 245 g/mol. The predicted molar refractivity (Wildman–Crippen MR) is 70.8 cm³/mol. The Hall–Kier alpha value is -1.75. The standard InChI is InChI=1S/C14H18FN3O/c1-8-5-6-9(15)7-10(8)12-17-13(19-18-12)11(16)14(2,3)4/h5-7,11H,16H2,1-4H3/t11-/m1/s1. The Morgan fingerprint density at radius 3 is 2.63 bits per heavy atom. The molecule has 0 radical (unpaired) electrons. The quantitative estimate of drug-likeness (QED) is 0.903. The number of halogens is 1. The third-order valence-corrected chi connectivity index (χ3v) is 3.08. The van der Waals surface area contributed by atoms with Crippen molar-refractivity contribution < 1.29 is 8.91 Å². The van der Waals surface area contributed by atoms with Crippen LogP contribution in [0.3, 0.4) is 0 Å². The first kappa shape index (κ1) is 13.7. The van der Waals surface area contributed by atoms with Crippen LogP contribution in [0.4, 0.5) is 4.39 Å². The second-order valence-corrected chi connectivity index (χ2v) is 5.76. The van der Waals surface area contributed by atoms with Crippen molar-refractivity contribution in [2.24, 2.45) is 11.1 Å². The normalized spacial score (nSPS) is 13.6. The van der Waals surface area contributed by atoms with Gasteiger partial charge in [-0.3, -0.25) is 0 Å². The summed E-state index contributed by atoms with van der Waals surface area (Å²) in [6, 6.07) is 4.13. The minimum atomic E-state index is -0.359. The third-order valence-electron chi connectivity index (χ3n) is 3.08. The number of aryl methyl sites for hydroxylation is 1. The SMILES string of the molecule is Cc1ccc(F)cc1-c1noc([C@@H](N)C(C)(C)C)n1. The van der Waals surface area contributed by atoms with E-state index >= 15 is 0 Å². The highest BCUT2D eigenvalue weighted by molar-refractivity contribution is 5.59. The molecule has 19 heavy (non-hydrogen) atoms. The number of nitrogens with zero attached hydrogens (tertiary/aromatic N) is 2. The monoisotopic (exact) mass is 263 g/mol. The molecule has 0 fully saturated rings. The molecule has 1 aromatic carbocycles. The molecule has 4 nitrogen and oxygen atoms in total. The van der Waals surface area contributed by atoms with Crippen LogP contribution in [-0.4, -0.2) is 10.1 Å². The predicted octanol–water partition coefficient (Wildman–Crippen LogP) is 3.23. The van der Waals surface area contributed by atoms with Crippen molar-refractivity contribution in [2.75, 3.05) is 0 Å². The van der Waals surface area contributed by atoms with E-state index in [1.54, 1.807) is 6.07 Å². The fourth-order valence-corrected chi connectivity index (χ4v) is 1.68. The van der Waals surface area contributed by atoms with Crippen LogP contribution >= 0.6 is 0 Å². The van der Waals surface area contributed by atoms with Crippen LogP contribution in [0.15, 0.2) is 22.7 Å². The van der Waals surface area contributed by atoms with Gasteiger partial charge in [-0.05, 0) is 30.0 Å². The summed E-state index contributed by atoms with van der Waals surface area (Å²) < 4.78 is 18.5. The summed E-state index contributed by atoms with van der Waals surface area (Å²) in [6.45, 7) is 7.85. The van der Waals surface area contributed by atoms with E-state index in [4.69, 9.17) is 10.3 Å². The summed E-state index contributed by atoms with van der Waals surface area (Å²) in [6.07, 6.45) is 0. The van der Waals surface area contributed by atoms with Gasteiger partial charge >= 0.3 is 0 Å². The van der Waals surface area contributed by atoms with Gasteiger partial charge in [-0.15, -0.1) is 0 Å².